The second kappa shape index (κ2) is 5.92. The van der Waals surface area contributed by atoms with E-state index >= 15 is 0 Å². The summed E-state index contributed by atoms with van der Waals surface area (Å²) in [6, 6.07) is 17.0. The molecule has 2 aromatic carbocycles. The maximum atomic E-state index is 10.2. The van der Waals surface area contributed by atoms with Crippen molar-refractivity contribution in [2.45, 2.75) is 18.7 Å². The van der Waals surface area contributed by atoms with Crippen molar-refractivity contribution < 1.29 is 14.3 Å². The molecule has 26 heavy (non-hydrogen) atoms. The summed E-state index contributed by atoms with van der Waals surface area (Å²) in [5.74, 6) is 1.76. The Hall–Kier alpha value is -2.73. The van der Waals surface area contributed by atoms with Gasteiger partial charge in [0, 0.05) is 22.0 Å². The van der Waals surface area contributed by atoms with E-state index in [2.05, 4.69) is 22.0 Å². The van der Waals surface area contributed by atoms with E-state index < -0.39 is 6.23 Å². The van der Waals surface area contributed by atoms with Crippen LogP contribution in [0.2, 0.25) is 0 Å². The summed E-state index contributed by atoms with van der Waals surface area (Å²) in [7, 11) is 0. The van der Waals surface area contributed by atoms with Crippen LogP contribution in [0.1, 0.15) is 35.6 Å². The number of rotatable bonds is 2. The molecule has 1 N–H and O–H groups in total. The number of phenols is 1. The second-order valence-electron chi connectivity index (χ2n) is 6.33. The molecule has 0 fully saturated rings. The van der Waals surface area contributed by atoms with Gasteiger partial charge in [0.05, 0.1) is 18.0 Å². The molecule has 0 saturated carbocycles. The number of hydrogen-bond donors (Lipinski definition) is 1. The molecule has 2 unspecified atom stereocenters. The third-order valence-corrected chi connectivity index (χ3v) is 5.25. The Morgan fingerprint density at radius 2 is 2.00 bits per heavy atom. The molecule has 0 aliphatic carbocycles. The monoisotopic (exact) mass is 410 g/mol. The maximum Gasteiger partial charge on any atom is 0.246 e. The molecule has 6 heteroatoms. The van der Waals surface area contributed by atoms with Crippen molar-refractivity contribution in [3.05, 3.63) is 82.2 Å². The fourth-order valence-corrected chi connectivity index (χ4v) is 3.94. The number of fused-ring (bicyclic) bond motifs is 3. The molecule has 0 amide bonds. The number of phenolic OH excluding ortho intramolecular Hbond substituents is 1. The lowest BCUT2D eigenvalue weighted by molar-refractivity contribution is -0.0325. The maximum absolute atomic E-state index is 10.2. The number of aromatic hydroxyl groups is 1. The smallest absolute Gasteiger partial charge is 0.246 e. The average Bonchev–Trinajstić information content (AvgIpc) is 3.32. The minimum Gasteiger partial charge on any atom is -0.507 e. The molecule has 0 spiro atoms. The summed E-state index contributed by atoms with van der Waals surface area (Å²) < 4.78 is 12.8. The molecule has 0 saturated heterocycles. The van der Waals surface area contributed by atoms with Crippen LogP contribution in [0.3, 0.4) is 0 Å². The predicted molar refractivity (Wildman–Crippen MR) is 100 cm³/mol. The standard InChI is InChI=1S/C20H15BrN2O3/c21-12-7-8-18-14(10-12)16-11-15(13-4-1-2-5-17(13)24)22-23(16)20(26-18)19-6-3-9-25-19/h1-10,16,20,24H,11H2. The molecular weight excluding hydrogens is 396 g/mol. The summed E-state index contributed by atoms with van der Waals surface area (Å²) in [4.78, 5) is 0. The van der Waals surface area contributed by atoms with Crippen LogP contribution in [0.4, 0.5) is 0 Å². The van der Waals surface area contributed by atoms with E-state index in [-0.39, 0.29) is 11.8 Å². The summed E-state index contributed by atoms with van der Waals surface area (Å²) in [5, 5.41) is 17.0. The van der Waals surface area contributed by atoms with Crippen molar-refractivity contribution >= 4 is 21.6 Å². The van der Waals surface area contributed by atoms with Gasteiger partial charge in [0.1, 0.15) is 11.5 Å². The highest BCUT2D eigenvalue weighted by Crippen LogP contribution is 2.48. The molecule has 2 aliphatic heterocycles. The molecule has 5 rings (SSSR count). The molecule has 3 aromatic rings. The van der Waals surface area contributed by atoms with Crippen LogP contribution in [0.5, 0.6) is 11.5 Å². The highest BCUT2D eigenvalue weighted by molar-refractivity contribution is 9.10. The fourth-order valence-electron chi connectivity index (χ4n) is 3.56. The van der Waals surface area contributed by atoms with E-state index in [0.717, 1.165) is 27.1 Å². The molecule has 0 bridgehead atoms. The summed E-state index contributed by atoms with van der Waals surface area (Å²) in [6.45, 7) is 0. The fraction of sp³-hybridized carbons (Fsp3) is 0.150. The number of ether oxygens (including phenoxy) is 1. The zero-order valence-corrected chi connectivity index (χ0v) is 15.3. The lowest BCUT2D eigenvalue weighted by Gasteiger charge is -2.37. The zero-order chi connectivity index (χ0) is 17.7. The van der Waals surface area contributed by atoms with E-state index in [1.165, 1.54) is 0 Å². The molecule has 130 valence electrons. The highest BCUT2D eigenvalue weighted by Gasteiger charge is 2.42. The van der Waals surface area contributed by atoms with Crippen LogP contribution in [0.15, 0.2) is 74.9 Å². The first-order valence-corrected chi connectivity index (χ1v) is 9.14. The van der Waals surface area contributed by atoms with Crippen LogP contribution >= 0.6 is 15.9 Å². The molecule has 2 aliphatic rings. The number of halogens is 1. The van der Waals surface area contributed by atoms with Gasteiger partial charge in [-0.2, -0.15) is 5.10 Å². The van der Waals surface area contributed by atoms with Gasteiger partial charge in [-0.3, -0.25) is 0 Å². The summed E-state index contributed by atoms with van der Waals surface area (Å²) >= 11 is 3.54. The average molecular weight is 411 g/mol. The number of benzene rings is 2. The van der Waals surface area contributed by atoms with Crippen molar-refractivity contribution in [2.75, 3.05) is 0 Å². The predicted octanol–water partition coefficient (Wildman–Crippen LogP) is 4.99. The van der Waals surface area contributed by atoms with Gasteiger partial charge in [-0.25, -0.2) is 5.01 Å². The van der Waals surface area contributed by atoms with Gasteiger partial charge in [0.15, 0.2) is 5.76 Å². The van der Waals surface area contributed by atoms with Gasteiger partial charge >= 0.3 is 0 Å². The summed E-state index contributed by atoms with van der Waals surface area (Å²) in [6.07, 6.45) is 1.88. The molecule has 0 radical (unpaired) electrons. The second-order valence-corrected chi connectivity index (χ2v) is 7.25. The van der Waals surface area contributed by atoms with Gasteiger partial charge in [0.2, 0.25) is 6.23 Å². The number of nitrogens with zero attached hydrogens (tertiary/aromatic N) is 2. The first-order valence-electron chi connectivity index (χ1n) is 8.34. The SMILES string of the molecule is Oc1ccccc1C1=NN2C(C1)c1cc(Br)ccc1OC2c1ccco1. The van der Waals surface area contributed by atoms with Gasteiger partial charge in [-0.1, -0.05) is 28.1 Å². The third kappa shape index (κ3) is 2.41. The number of hydrazone groups is 1. The third-order valence-electron chi connectivity index (χ3n) is 4.75. The first-order chi connectivity index (χ1) is 12.7. The van der Waals surface area contributed by atoms with Crippen molar-refractivity contribution in [3.8, 4) is 11.5 Å². The van der Waals surface area contributed by atoms with E-state index in [9.17, 15) is 5.11 Å². The Bertz CT molecular complexity index is 1000. The van der Waals surface area contributed by atoms with Gasteiger partial charge < -0.3 is 14.3 Å². The van der Waals surface area contributed by atoms with E-state index in [1.807, 2.05) is 47.5 Å². The van der Waals surface area contributed by atoms with Crippen molar-refractivity contribution in [1.29, 1.82) is 0 Å². The molecule has 2 atom stereocenters. The minimum absolute atomic E-state index is 0.0148. The first kappa shape index (κ1) is 15.5. The Kier molecular flexibility index (Phi) is 3.53. The van der Waals surface area contributed by atoms with Gasteiger partial charge in [0.25, 0.3) is 0 Å². The van der Waals surface area contributed by atoms with E-state index in [4.69, 9.17) is 14.3 Å². The summed E-state index contributed by atoms with van der Waals surface area (Å²) in [5.41, 5.74) is 2.65. The lowest BCUT2D eigenvalue weighted by atomic mass is 9.96. The largest absolute Gasteiger partial charge is 0.507 e. The zero-order valence-electron chi connectivity index (χ0n) is 13.7. The van der Waals surface area contributed by atoms with Crippen LogP contribution < -0.4 is 4.74 Å². The Morgan fingerprint density at radius 1 is 1.12 bits per heavy atom. The lowest BCUT2D eigenvalue weighted by Crippen LogP contribution is -2.33. The van der Waals surface area contributed by atoms with Crippen LogP contribution in [0.25, 0.3) is 0 Å². The number of para-hydroxylation sites is 1. The van der Waals surface area contributed by atoms with E-state index in [0.29, 0.717) is 12.2 Å². The molecular formula is C20H15BrN2O3. The van der Waals surface area contributed by atoms with Crippen molar-refractivity contribution in [2.24, 2.45) is 5.10 Å². The molecule has 1 aromatic heterocycles. The van der Waals surface area contributed by atoms with Crippen LogP contribution in [0, 0.1) is 0 Å². The van der Waals surface area contributed by atoms with Gasteiger partial charge in [-0.15, -0.1) is 0 Å². The van der Waals surface area contributed by atoms with Gasteiger partial charge in [-0.05, 0) is 42.5 Å². The highest BCUT2D eigenvalue weighted by atomic mass is 79.9. The Balaban J connectivity index is 1.62. The van der Waals surface area contributed by atoms with Crippen molar-refractivity contribution in [3.63, 3.8) is 0 Å². The van der Waals surface area contributed by atoms with Crippen LogP contribution in [-0.4, -0.2) is 15.8 Å². The quantitative estimate of drug-likeness (QED) is 0.646. The topological polar surface area (TPSA) is 58.2 Å². The molecule has 5 nitrogen and oxygen atoms in total. The normalized spacial score (nSPS) is 21.0. The number of furan rings is 1. The van der Waals surface area contributed by atoms with Crippen molar-refractivity contribution in [1.82, 2.24) is 5.01 Å². The molecule has 3 heterocycles. The Morgan fingerprint density at radius 3 is 2.81 bits per heavy atom. The number of hydrogen-bond acceptors (Lipinski definition) is 5. The minimum atomic E-state index is -0.438. The Labute approximate surface area is 158 Å². The van der Waals surface area contributed by atoms with E-state index in [1.54, 1.807) is 12.3 Å². The van der Waals surface area contributed by atoms with Crippen LogP contribution in [-0.2, 0) is 0 Å².